The quantitative estimate of drug-likeness (QED) is 0.862. The number of imidazole rings is 1. The molecule has 0 saturated carbocycles. The van der Waals surface area contributed by atoms with Crippen molar-refractivity contribution in [1.29, 1.82) is 0 Å². The Morgan fingerprint density at radius 3 is 2.71 bits per heavy atom. The summed E-state index contributed by atoms with van der Waals surface area (Å²) in [6.07, 6.45) is 2.26. The molecule has 0 spiro atoms. The van der Waals surface area contributed by atoms with Crippen LogP contribution in [0.25, 0.3) is 11.2 Å². The molecule has 1 saturated heterocycles. The number of nitrogens with zero attached hydrogens (tertiary/aromatic N) is 4. The van der Waals surface area contributed by atoms with Crippen molar-refractivity contribution in [2.24, 2.45) is 7.05 Å². The molecule has 2 aromatic rings. The summed E-state index contributed by atoms with van der Waals surface area (Å²) in [6.45, 7) is 6.02. The Balaban J connectivity index is 2.25. The Hall–Kier alpha value is -1.89. The number of hydrogen-bond donors (Lipinski definition) is 1. The van der Waals surface area contributed by atoms with Crippen molar-refractivity contribution in [3.05, 3.63) is 26.7 Å². The number of nitrogens with one attached hydrogen (secondary N) is 1. The van der Waals surface area contributed by atoms with Gasteiger partial charge in [0, 0.05) is 26.2 Å². The van der Waals surface area contributed by atoms with Gasteiger partial charge in [0.1, 0.15) is 5.82 Å². The predicted molar refractivity (Wildman–Crippen MR) is 80.7 cm³/mol. The van der Waals surface area contributed by atoms with Crippen LogP contribution in [-0.4, -0.2) is 31.3 Å². The van der Waals surface area contributed by atoms with Crippen LogP contribution in [-0.2, 0) is 20.1 Å². The molecule has 3 heterocycles. The summed E-state index contributed by atoms with van der Waals surface area (Å²) in [6, 6.07) is 0.368. The highest BCUT2D eigenvalue weighted by molar-refractivity contribution is 5.71. The lowest BCUT2D eigenvalue weighted by Gasteiger charge is -2.13. The number of hydrogen-bond acceptors (Lipinski definition) is 4. The Morgan fingerprint density at radius 2 is 2.10 bits per heavy atom. The van der Waals surface area contributed by atoms with E-state index < -0.39 is 0 Å². The summed E-state index contributed by atoms with van der Waals surface area (Å²) in [5.74, 6) is 0.781. The third kappa shape index (κ3) is 2.12. The molecule has 1 N–H and O–H groups in total. The molecule has 21 heavy (non-hydrogen) atoms. The molecule has 2 aromatic heterocycles. The molecule has 0 radical (unpaired) electrons. The standard InChI is InChI=1S/C14H21N5O2/c1-4-18-12-11(13(20)17(3)14(18)21)19(9(2)16-12)8-10-6-5-7-15-10/h10,15H,4-8H2,1-3H3. The smallest absolute Gasteiger partial charge is 0.321 e. The number of aromatic nitrogens is 4. The van der Waals surface area contributed by atoms with Gasteiger partial charge in [0.05, 0.1) is 0 Å². The van der Waals surface area contributed by atoms with Crippen molar-refractivity contribution in [3.63, 3.8) is 0 Å². The Morgan fingerprint density at radius 1 is 1.33 bits per heavy atom. The summed E-state index contributed by atoms with van der Waals surface area (Å²) in [4.78, 5) is 29.1. The van der Waals surface area contributed by atoms with E-state index in [0.29, 0.717) is 23.8 Å². The van der Waals surface area contributed by atoms with E-state index in [4.69, 9.17) is 0 Å². The van der Waals surface area contributed by atoms with Gasteiger partial charge < -0.3 is 9.88 Å². The zero-order valence-corrected chi connectivity index (χ0v) is 12.7. The second-order valence-electron chi connectivity index (χ2n) is 5.63. The van der Waals surface area contributed by atoms with E-state index in [-0.39, 0.29) is 11.2 Å². The van der Waals surface area contributed by atoms with E-state index in [1.807, 2.05) is 18.4 Å². The van der Waals surface area contributed by atoms with Crippen molar-refractivity contribution in [3.8, 4) is 0 Å². The molecule has 7 heteroatoms. The fourth-order valence-electron chi connectivity index (χ4n) is 3.11. The first kappa shape index (κ1) is 14.1. The molecule has 1 unspecified atom stereocenters. The summed E-state index contributed by atoms with van der Waals surface area (Å²) in [7, 11) is 1.52. The summed E-state index contributed by atoms with van der Waals surface area (Å²) in [5, 5.41) is 3.43. The molecule has 0 aliphatic carbocycles. The van der Waals surface area contributed by atoms with Gasteiger partial charge >= 0.3 is 5.69 Å². The normalized spacial score (nSPS) is 18.7. The SMILES string of the molecule is CCn1c(=O)n(C)c(=O)c2c1nc(C)n2CC1CCCN1. The van der Waals surface area contributed by atoms with Crippen LogP contribution in [0, 0.1) is 6.92 Å². The Labute approximate surface area is 122 Å². The molecular weight excluding hydrogens is 270 g/mol. The average Bonchev–Trinajstić information content (AvgIpc) is 3.07. The van der Waals surface area contributed by atoms with E-state index in [1.165, 1.54) is 11.6 Å². The van der Waals surface area contributed by atoms with Gasteiger partial charge in [-0.05, 0) is 33.2 Å². The maximum absolute atomic E-state index is 12.5. The van der Waals surface area contributed by atoms with Crippen molar-refractivity contribution in [2.45, 2.75) is 45.8 Å². The van der Waals surface area contributed by atoms with Crippen LogP contribution in [0.5, 0.6) is 0 Å². The number of fused-ring (bicyclic) bond motifs is 1. The second-order valence-corrected chi connectivity index (χ2v) is 5.63. The van der Waals surface area contributed by atoms with Crippen LogP contribution in [0.2, 0.25) is 0 Å². The van der Waals surface area contributed by atoms with Gasteiger partial charge in [0.25, 0.3) is 5.56 Å². The topological polar surface area (TPSA) is 73.8 Å². The van der Waals surface area contributed by atoms with Crippen LogP contribution < -0.4 is 16.6 Å². The van der Waals surface area contributed by atoms with Crippen molar-refractivity contribution < 1.29 is 0 Å². The van der Waals surface area contributed by atoms with Crippen molar-refractivity contribution >= 4 is 11.2 Å². The highest BCUT2D eigenvalue weighted by Crippen LogP contribution is 2.15. The Kier molecular flexibility index (Phi) is 3.44. The van der Waals surface area contributed by atoms with Crippen LogP contribution in [0.1, 0.15) is 25.6 Å². The molecule has 3 rings (SSSR count). The minimum atomic E-state index is -0.307. The van der Waals surface area contributed by atoms with E-state index >= 15 is 0 Å². The van der Waals surface area contributed by atoms with Gasteiger partial charge in [-0.3, -0.25) is 13.9 Å². The molecule has 0 bridgehead atoms. The molecule has 114 valence electrons. The second kappa shape index (κ2) is 5.14. The summed E-state index contributed by atoms with van der Waals surface area (Å²) < 4.78 is 4.68. The third-order valence-electron chi connectivity index (χ3n) is 4.30. The minimum Gasteiger partial charge on any atom is -0.321 e. The molecule has 7 nitrogen and oxygen atoms in total. The summed E-state index contributed by atoms with van der Waals surface area (Å²) >= 11 is 0. The zero-order chi connectivity index (χ0) is 15.1. The Bertz CT molecular complexity index is 792. The zero-order valence-electron chi connectivity index (χ0n) is 12.7. The molecular formula is C14H21N5O2. The van der Waals surface area contributed by atoms with Crippen LogP contribution in [0.15, 0.2) is 9.59 Å². The molecule has 1 fully saturated rings. The van der Waals surface area contributed by atoms with Crippen molar-refractivity contribution in [1.82, 2.24) is 24.0 Å². The van der Waals surface area contributed by atoms with Gasteiger partial charge in [-0.2, -0.15) is 0 Å². The minimum absolute atomic E-state index is 0.265. The number of rotatable bonds is 3. The van der Waals surface area contributed by atoms with E-state index in [2.05, 4.69) is 10.3 Å². The van der Waals surface area contributed by atoms with Gasteiger partial charge in [-0.1, -0.05) is 0 Å². The maximum atomic E-state index is 12.5. The first-order valence-electron chi connectivity index (χ1n) is 7.44. The third-order valence-corrected chi connectivity index (χ3v) is 4.30. The van der Waals surface area contributed by atoms with Crippen LogP contribution in [0.3, 0.4) is 0 Å². The highest BCUT2D eigenvalue weighted by atomic mass is 16.2. The lowest BCUT2D eigenvalue weighted by atomic mass is 10.2. The fourth-order valence-corrected chi connectivity index (χ4v) is 3.11. The lowest BCUT2D eigenvalue weighted by molar-refractivity contribution is 0.508. The molecule has 0 aromatic carbocycles. The molecule has 0 amide bonds. The van der Waals surface area contributed by atoms with Crippen LogP contribution >= 0.6 is 0 Å². The van der Waals surface area contributed by atoms with Crippen molar-refractivity contribution in [2.75, 3.05) is 6.54 Å². The van der Waals surface area contributed by atoms with Crippen LogP contribution in [0.4, 0.5) is 0 Å². The van der Waals surface area contributed by atoms with E-state index in [1.54, 1.807) is 4.57 Å². The highest BCUT2D eigenvalue weighted by Gasteiger charge is 2.21. The predicted octanol–water partition coefficient (Wildman–Crippen LogP) is -0.0230. The molecule has 1 atom stereocenters. The van der Waals surface area contributed by atoms with E-state index in [9.17, 15) is 9.59 Å². The van der Waals surface area contributed by atoms with Gasteiger partial charge in [-0.25, -0.2) is 9.78 Å². The maximum Gasteiger partial charge on any atom is 0.332 e. The first-order chi connectivity index (χ1) is 10.0. The lowest BCUT2D eigenvalue weighted by Crippen LogP contribution is -2.39. The average molecular weight is 291 g/mol. The monoisotopic (exact) mass is 291 g/mol. The molecule has 1 aliphatic rings. The van der Waals surface area contributed by atoms with Gasteiger partial charge in [0.2, 0.25) is 0 Å². The first-order valence-corrected chi connectivity index (χ1v) is 7.44. The van der Waals surface area contributed by atoms with E-state index in [0.717, 1.165) is 31.8 Å². The van der Waals surface area contributed by atoms with Gasteiger partial charge in [-0.15, -0.1) is 0 Å². The summed E-state index contributed by atoms with van der Waals surface area (Å²) in [5.41, 5.74) is 0.461. The molecule has 1 aliphatic heterocycles. The largest absolute Gasteiger partial charge is 0.332 e. The fraction of sp³-hybridized carbons (Fsp3) is 0.643. The van der Waals surface area contributed by atoms with Gasteiger partial charge in [0.15, 0.2) is 11.2 Å². The number of aryl methyl sites for hydroxylation is 2.